The fourth-order valence-electron chi connectivity index (χ4n) is 6.35. The number of nitrogens with one attached hydrogen (secondary N) is 2. The molecule has 0 aliphatic rings. The number of halogens is 1. The Labute approximate surface area is 338 Å². The molecule has 316 valence electrons. The molecule has 2 aromatic carbocycles. The molecule has 5 atom stereocenters. The second-order valence-electron chi connectivity index (χ2n) is 14.3. The van der Waals surface area contributed by atoms with Crippen molar-refractivity contribution >= 4 is 51.8 Å². The Balaban J connectivity index is 1.44. The fraction of sp³-hybridized carbons (Fsp3) is 0.564. The number of guanidine groups is 1. The first-order valence-electron chi connectivity index (χ1n) is 19.5. The van der Waals surface area contributed by atoms with Crippen molar-refractivity contribution in [1.29, 1.82) is 0 Å². The van der Waals surface area contributed by atoms with Gasteiger partial charge in [-0.3, -0.25) is 19.9 Å². The van der Waals surface area contributed by atoms with Gasteiger partial charge in [-0.2, -0.15) is 0 Å². The van der Waals surface area contributed by atoms with Crippen molar-refractivity contribution < 1.29 is 35.1 Å². The number of aliphatic imine (C=N–C) groups is 1. The van der Waals surface area contributed by atoms with Gasteiger partial charge in [0.2, 0.25) is 5.91 Å². The van der Waals surface area contributed by atoms with Crippen LogP contribution in [0.1, 0.15) is 79.9 Å². The van der Waals surface area contributed by atoms with Crippen molar-refractivity contribution in [3.05, 3.63) is 58.4 Å². The summed E-state index contributed by atoms with van der Waals surface area (Å²) in [6, 6.07) is 12.0. The highest BCUT2D eigenvalue weighted by atomic mass is 35.5. The number of aromatic nitrogens is 2. The van der Waals surface area contributed by atoms with E-state index in [1.54, 1.807) is 0 Å². The molecule has 1 heterocycles. The molecular formula is C39H61ClN10O7. The summed E-state index contributed by atoms with van der Waals surface area (Å²) in [5, 5.41) is 57.4. The van der Waals surface area contributed by atoms with Crippen LogP contribution in [0.15, 0.2) is 41.4 Å². The molecule has 15 N–H and O–H groups in total. The number of anilines is 2. The topological polar surface area (TPSA) is 305 Å². The maximum Gasteiger partial charge on any atom is 0.280 e. The zero-order valence-electron chi connectivity index (χ0n) is 32.7. The lowest BCUT2D eigenvalue weighted by Crippen LogP contribution is -2.50. The Morgan fingerprint density at radius 2 is 1.49 bits per heavy atom. The van der Waals surface area contributed by atoms with E-state index in [9.17, 15) is 30.0 Å². The normalized spacial score (nSPS) is 14.7. The average Bonchev–Trinajstić information content (AvgIpc) is 3.18. The lowest BCUT2D eigenvalue weighted by Gasteiger charge is -2.30. The summed E-state index contributed by atoms with van der Waals surface area (Å²) in [6.45, 7) is 3.62. The Kier molecular flexibility index (Phi) is 20.3. The van der Waals surface area contributed by atoms with E-state index in [1.165, 1.54) is 5.56 Å². The highest BCUT2D eigenvalue weighted by Crippen LogP contribution is 2.21. The average molecular weight is 817 g/mol. The van der Waals surface area contributed by atoms with Gasteiger partial charge < -0.3 is 58.7 Å². The van der Waals surface area contributed by atoms with Crippen molar-refractivity contribution in [2.75, 3.05) is 50.8 Å². The van der Waals surface area contributed by atoms with Crippen molar-refractivity contribution in [2.45, 2.75) is 102 Å². The number of amides is 2. The number of carbonyl (C=O) groups excluding carboxylic acids is 2. The molecule has 0 spiro atoms. The molecule has 0 aliphatic heterocycles. The lowest BCUT2D eigenvalue weighted by atomic mass is 9.98. The third kappa shape index (κ3) is 15.9. The third-order valence-electron chi connectivity index (χ3n) is 9.69. The molecule has 57 heavy (non-hydrogen) atoms. The minimum absolute atomic E-state index is 0.0729. The van der Waals surface area contributed by atoms with Crippen molar-refractivity contribution in [3.8, 4) is 0 Å². The number of aryl methyl sites for hydroxylation is 2. The second-order valence-corrected chi connectivity index (χ2v) is 14.6. The van der Waals surface area contributed by atoms with Crippen LogP contribution < -0.4 is 33.6 Å². The van der Waals surface area contributed by atoms with Crippen LogP contribution in [0.4, 0.5) is 11.6 Å². The minimum Gasteiger partial charge on any atom is -0.394 e. The summed E-state index contributed by atoms with van der Waals surface area (Å²) in [5.74, 6) is -1.45. The smallest absolute Gasteiger partial charge is 0.280 e. The summed E-state index contributed by atoms with van der Waals surface area (Å²) in [4.78, 5) is 38.6. The number of benzene rings is 2. The standard InChI is InChI=1S/C39H61ClN10O7/c1-2-3-4-7-18-50(22-29(52)32(54)33(55)30(53)23-51)19-8-17-45-28(37(43)56)15-12-25-11-14-26-20-24(10-13-27(26)21-25)9-5-6-16-46-39(44)49-38(57)31-35(41)48-36(42)34(40)47-31/h10-11,13-14,20-21,28-30,32-33,45,51-55H,2-9,12,15-19,22-23H2,1H3,(H2,43,56)(H4,41,42,48)(H3,44,46,49,57)/t28-,29-,30+,32+,33+/m0/s1. The number of nitrogens with zero attached hydrogens (tertiary/aromatic N) is 4. The second kappa shape index (κ2) is 24.5. The molecule has 0 bridgehead atoms. The molecule has 0 fully saturated rings. The summed E-state index contributed by atoms with van der Waals surface area (Å²) in [6.07, 6.45) is 2.14. The van der Waals surface area contributed by atoms with Gasteiger partial charge in [0.15, 0.2) is 28.4 Å². The number of aliphatic hydroxyl groups excluding tert-OH is 5. The van der Waals surface area contributed by atoms with Gasteiger partial charge in [-0.05, 0) is 86.5 Å². The Hall–Kier alpha value is -4.20. The van der Waals surface area contributed by atoms with Crippen molar-refractivity contribution in [3.63, 3.8) is 0 Å². The molecule has 0 unspecified atom stereocenters. The van der Waals surface area contributed by atoms with E-state index in [-0.39, 0.29) is 35.0 Å². The van der Waals surface area contributed by atoms with Gasteiger partial charge in [0.1, 0.15) is 18.3 Å². The molecule has 0 saturated carbocycles. The molecule has 0 radical (unpaired) electrons. The number of fused-ring (bicyclic) bond motifs is 1. The van der Waals surface area contributed by atoms with Crippen LogP contribution in [0.3, 0.4) is 0 Å². The molecule has 3 rings (SSSR count). The van der Waals surface area contributed by atoms with E-state index in [0.29, 0.717) is 45.4 Å². The number of hydrogen-bond donors (Lipinski definition) is 11. The zero-order valence-corrected chi connectivity index (χ0v) is 33.4. The van der Waals surface area contributed by atoms with Crippen LogP contribution in [-0.4, -0.2) is 128 Å². The Morgan fingerprint density at radius 3 is 2.14 bits per heavy atom. The molecule has 1 aromatic heterocycles. The molecule has 17 nitrogen and oxygen atoms in total. The first-order chi connectivity index (χ1) is 27.2. The summed E-state index contributed by atoms with van der Waals surface area (Å²) in [5.41, 5.74) is 24.9. The minimum atomic E-state index is -1.67. The number of primary amides is 1. The Bertz CT molecular complexity index is 1750. The highest BCUT2D eigenvalue weighted by molar-refractivity contribution is 6.31. The van der Waals surface area contributed by atoms with E-state index >= 15 is 0 Å². The van der Waals surface area contributed by atoms with Gasteiger partial charge in [-0.1, -0.05) is 74.2 Å². The molecule has 18 heteroatoms. The maximum absolute atomic E-state index is 12.4. The maximum atomic E-state index is 12.4. The summed E-state index contributed by atoms with van der Waals surface area (Å²) in [7, 11) is 0. The largest absolute Gasteiger partial charge is 0.394 e. The number of nitrogens with two attached hydrogens (primary N) is 4. The van der Waals surface area contributed by atoms with Crippen LogP contribution in [-0.2, 0) is 17.6 Å². The van der Waals surface area contributed by atoms with Crippen molar-refractivity contribution in [1.82, 2.24) is 25.5 Å². The van der Waals surface area contributed by atoms with Gasteiger partial charge >= 0.3 is 0 Å². The van der Waals surface area contributed by atoms with Gasteiger partial charge in [0.25, 0.3) is 5.91 Å². The molecule has 2 amide bonds. The quantitative estimate of drug-likeness (QED) is 0.0301. The summed E-state index contributed by atoms with van der Waals surface area (Å²) < 4.78 is 0. The van der Waals surface area contributed by atoms with Gasteiger partial charge in [0.05, 0.1) is 18.8 Å². The monoisotopic (exact) mass is 816 g/mol. The number of nitrogen functional groups attached to an aromatic ring is 2. The number of rotatable bonds is 26. The van der Waals surface area contributed by atoms with Gasteiger partial charge in [0, 0.05) is 13.1 Å². The molecular weight excluding hydrogens is 756 g/mol. The fourth-order valence-corrected chi connectivity index (χ4v) is 6.47. The number of carbonyl (C=O) groups is 2. The predicted octanol–water partition coefficient (Wildman–Crippen LogP) is 0.599. The van der Waals surface area contributed by atoms with Gasteiger partial charge in [-0.25, -0.2) is 9.97 Å². The first-order valence-corrected chi connectivity index (χ1v) is 19.9. The number of hydrogen-bond acceptors (Lipinski definition) is 14. The van der Waals surface area contributed by atoms with Crippen LogP contribution in [0, 0.1) is 0 Å². The van der Waals surface area contributed by atoms with E-state index in [1.807, 2.05) is 4.90 Å². The molecule has 0 aliphatic carbocycles. The van der Waals surface area contributed by atoms with Gasteiger partial charge in [-0.15, -0.1) is 0 Å². The summed E-state index contributed by atoms with van der Waals surface area (Å²) >= 11 is 5.84. The SMILES string of the molecule is CCCCCCN(CCCN[C@@H](CCc1ccc2cc(CCCCN=C(N)NC(=O)c3nc(Cl)c(N)nc3N)ccc2c1)C(N)=O)C[C@H](O)[C@@H](O)[C@H](O)[C@H](O)CO. The van der Waals surface area contributed by atoms with Crippen molar-refractivity contribution in [2.24, 2.45) is 16.5 Å². The lowest BCUT2D eigenvalue weighted by molar-refractivity contribution is -0.120. The number of unbranched alkanes of at least 4 members (excludes halogenated alkanes) is 4. The first kappa shape index (κ1) is 47.2. The molecule has 3 aromatic rings. The third-order valence-corrected chi connectivity index (χ3v) is 9.97. The van der Waals surface area contributed by atoms with E-state index in [4.69, 9.17) is 39.6 Å². The van der Waals surface area contributed by atoms with Crippen LogP contribution >= 0.6 is 11.6 Å². The number of aliphatic hydroxyl groups is 5. The molecule has 0 saturated heterocycles. The van der Waals surface area contributed by atoms with Crippen LogP contribution in [0.2, 0.25) is 5.15 Å². The van der Waals surface area contributed by atoms with Crippen LogP contribution in [0.25, 0.3) is 10.8 Å². The Morgan fingerprint density at radius 1 is 0.842 bits per heavy atom. The van der Waals surface area contributed by atoms with E-state index in [0.717, 1.165) is 61.3 Å². The zero-order chi connectivity index (χ0) is 41.9. The predicted molar refractivity (Wildman–Crippen MR) is 222 cm³/mol. The van der Waals surface area contributed by atoms with E-state index in [2.05, 4.69) is 68.9 Å². The van der Waals surface area contributed by atoms with E-state index < -0.39 is 48.9 Å². The highest BCUT2D eigenvalue weighted by Gasteiger charge is 2.31. The van der Waals surface area contributed by atoms with Crippen LogP contribution in [0.5, 0.6) is 0 Å².